The lowest BCUT2D eigenvalue weighted by Gasteiger charge is -2.33. The second-order valence-corrected chi connectivity index (χ2v) is 14.4. The van der Waals surface area contributed by atoms with Crippen molar-refractivity contribution in [2.45, 2.75) is 81.2 Å². The van der Waals surface area contributed by atoms with Crippen LogP contribution in [0.4, 0.5) is 0 Å². The maximum Gasteiger partial charge on any atom is 0.570 e. The smallest absolute Gasteiger partial charge is 0.385 e. The van der Waals surface area contributed by atoms with Gasteiger partial charge in [-0.15, -0.1) is 4.52 Å². The molecule has 0 aromatic heterocycles. The molecule has 7 aliphatic rings. The lowest BCUT2D eigenvalue weighted by molar-refractivity contribution is -0.124. The number of nitrogens with zero attached hydrogens (tertiary/aromatic N) is 6. The van der Waals surface area contributed by atoms with E-state index in [2.05, 4.69) is 30.6 Å². The zero-order chi connectivity index (χ0) is 32.7. The highest BCUT2D eigenvalue weighted by Crippen LogP contribution is 2.57. The molecule has 0 aromatic rings. The van der Waals surface area contributed by atoms with Crippen molar-refractivity contribution in [1.29, 1.82) is 0 Å². The molecule has 0 spiro atoms. The van der Waals surface area contributed by atoms with Crippen molar-refractivity contribution in [2.24, 2.45) is 31.6 Å². The Bertz CT molecular complexity index is 1470. The van der Waals surface area contributed by atoms with Crippen LogP contribution in [0.15, 0.2) is 20.0 Å². The van der Waals surface area contributed by atoms with Gasteiger partial charge in [-0.3, -0.25) is 33.9 Å². The summed E-state index contributed by atoms with van der Waals surface area (Å²) in [7, 11) is -9.61. The normalized spacial score (nSPS) is 46.7. The fraction of sp³-hybridized carbons (Fsp3) is 0.727. The van der Waals surface area contributed by atoms with Crippen LogP contribution < -0.4 is 16.4 Å². The fourth-order valence-electron chi connectivity index (χ4n) is 6.35. The van der Waals surface area contributed by atoms with Gasteiger partial charge in [-0.2, -0.15) is 14.3 Å². The molecule has 5 unspecified atom stereocenters. The van der Waals surface area contributed by atoms with Gasteiger partial charge in [0.05, 0.1) is 19.3 Å². The van der Waals surface area contributed by atoms with Gasteiger partial charge in [-0.1, -0.05) is 6.92 Å². The number of fused-ring (bicyclic) bond motifs is 4. The third-order valence-electron chi connectivity index (χ3n) is 8.46. The maximum absolute atomic E-state index is 13.2. The van der Waals surface area contributed by atoms with E-state index in [-0.39, 0.29) is 5.96 Å². The summed E-state index contributed by atoms with van der Waals surface area (Å²) in [6, 6.07) is -1.85. The van der Waals surface area contributed by atoms with E-state index in [1.54, 1.807) is 13.8 Å². The number of rotatable bonds is 2. The van der Waals surface area contributed by atoms with Gasteiger partial charge < -0.3 is 40.3 Å². The van der Waals surface area contributed by atoms with Crippen LogP contribution in [0.2, 0.25) is 0 Å². The van der Waals surface area contributed by atoms with E-state index in [4.69, 9.17) is 33.3 Å². The van der Waals surface area contributed by atoms with Gasteiger partial charge in [0, 0.05) is 5.92 Å². The molecular weight excluding hydrogens is 660 g/mol. The van der Waals surface area contributed by atoms with Gasteiger partial charge >= 0.3 is 16.0 Å². The van der Waals surface area contributed by atoms with Crippen molar-refractivity contribution >= 4 is 52.3 Å². The number of aliphatic hydroxyl groups excluding tert-OH is 1. The summed E-state index contributed by atoms with van der Waals surface area (Å²) in [6.07, 6.45) is -8.35. The number of guanidine groups is 1. The highest BCUT2D eigenvalue weighted by Gasteiger charge is 2.60. The van der Waals surface area contributed by atoms with Crippen molar-refractivity contribution < 1.29 is 61.5 Å². The molecule has 0 radical (unpaired) electrons. The van der Waals surface area contributed by atoms with E-state index >= 15 is 0 Å². The monoisotopic (exact) mass is 692 g/mol. The molecule has 252 valence electrons. The molecule has 8 N–H and O–H groups in total. The van der Waals surface area contributed by atoms with Crippen LogP contribution in [0.25, 0.3) is 0 Å². The zero-order valence-corrected chi connectivity index (χ0v) is 25.9. The number of carbonyl (C=O) groups excluding carboxylic acids is 2. The average Bonchev–Trinajstić information content (AvgIpc) is 3.72. The Morgan fingerprint density at radius 1 is 0.978 bits per heavy atom. The van der Waals surface area contributed by atoms with E-state index in [9.17, 15) is 33.9 Å². The van der Waals surface area contributed by atoms with E-state index in [1.807, 2.05) is 0 Å². The molecule has 7 rings (SSSR count). The summed E-state index contributed by atoms with van der Waals surface area (Å²) >= 11 is 0. The van der Waals surface area contributed by atoms with Gasteiger partial charge in [-0.25, -0.2) is 14.5 Å². The number of hydrogen-bond donors (Lipinski definition) is 7. The summed E-state index contributed by atoms with van der Waals surface area (Å²) < 4.78 is 46.9. The van der Waals surface area contributed by atoms with Gasteiger partial charge in [0.15, 0.2) is 42.7 Å². The Hall–Kier alpha value is -2.72. The predicted octanol–water partition coefficient (Wildman–Crippen LogP) is -3.92. The molecule has 0 bridgehead atoms. The minimum absolute atomic E-state index is 0.125. The van der Waals surface area contributed by atoms with E-state index < -0.39 is 114 Å². The van der Waals surface area contributed by atoms with Crippen molar-refractivity contribution in [3.63, 3.8) is 0 Å². The molecule has 0 aliphatic carbocycles. The summed E-state index contributed by atoms with van der Waals surface area (Å²) in [5.41, 5.74) is 5.74. The number of amides is 2. The van der Waals surface area contributed by atoms with Crippen LogP contribution in [0.1, 0.15) is 13.8 Å². The molecule has 3 saturated heterocycles. The van der Waals surface area contributed by atoms with E-state index in [1.165, 1.54) is 22.5 Å². The molecule has 3 fully saturated rings. The number of phosphoric acid groups is 1. The first-order valence-corrected chi connectivity index (χ1v) is 17.2. The van der Waals surface area contributed by atoms with Crippen LogP contribution in [0.5, 0.6) is 0 Å². The number of ether oxygens (including phenoxy) is 2. The van der Waals surface area contributed by atoms with Crippen LogP contribution >= 0.6 is 16.0 Å². The molecule has 13 atom stereocenters. The Morgan fingerprint density at radius 3 is 2.30 bits per heavy atom. The van der Waals surface area contributed by atoms with Crippen molar-refractivity contribution in [1.82, 2.24) is 20.4 Å². The first-order valence-electron chi connectivity index (χ1n) is 14.1. The van der Waals surface area contributed by atoms with Crippen molar-refractivity contribution in [2.75, 3.05) is 13.2 Å². The molecule has 0 aromatic carbocycles. The number of nitrogens with one attached hydrogen (secondary N) is 2. The number of aliphatic imine (C=N–C) groups is 4. The fourth-order valence-corrected chi connectivity index (χ4v) is 8.36. The molecule has 7 heterocycles. The third kappa shape index (κ3) is 5.61. The first-order chi connectivity index (χ1) is 21.7. The van der Waals surface area contributed by atoms with Crippen molar-refractivity contribution in [3.05, 3.63) is 0 Å². The second-order valence-electron chi connectivity index (χ2n) is 11.5. The molecule has 46 heavy (non-hydrogen) atoms. The molecule has 22 nitrogen and oxygen atoms in total. The van der Waals surface area contributed by atoms with Crippen molar-refractivity contribution in [3.8, 4) is 0 Å². The average molecular weight is 692 g/mol. The lowest BCUT2D eigenvalue weighted by atomic mass is 10.0. The van der Waals surface area contributed by atoms with E-state index in [0.717, 1.165) is 0 Å². The van der Waals surface area contributed by atoms with Crippen LogP contribution in [-0.2, 0) is 41.7 Å². The number of hydrogen-bond acceptors (Lipinski definition) is 19. The van der Waals surface area contributed by atoms with Crippen LogP contribution in [0, 0.1) is 5.92 Å². The van der Waals surface area contributed by atoms with Gasteiger partial charge in [0.2, 0.25) is 0 Å². The minimum Gasteiger partial charge on any atom is -0.385 e. The lowest BCUT2D eigenvalue weighted by Crippen LogP contribution is -2.56. The van der Waals surface area contributed by atoms with Crippen LogP contribution in [0.3, 0.4) is 0 Å². The molecule has 2 amide bonds. The minimum atomic E-state index is -4.89. The molecule has 7 aliphatic heterocycles. The first kappa shape index (κ1) is 31.9. The Morgan fingerprint density at radius 2 is 1.59 bits per heavy atom. The van der Waals surface area contributed by atoms with Gasteiger partial charge in [0.1, 0.15) is 43.1 Å². The summed E-state index contributed by atoms with van der Waals surface area (Å²) in [6.45, 7) is 1.88. The highest BCUT2D eigenvalue weighted by molar-refractivity contribution is 7.54. The SMILES string of the molecule is CC1=NC2C(N=CN2[C@@H]2O[C@@H]3COP(=O)(O)O[C@H]4[C@@H](C)[C@H](N5C=NC6C(=O)NC(N)=NC65)O[C@@H]4CO[P+](O)(O)O[C@H]3[C@H]2O)C(=O)N1. The predicted molar refractivity (Wildman–Crippen MR) is 152 cm³/mol. The standard InChI is InChI=1S/C22H31N9O13P2/c1-7-14-9(41-20(7)30-5-24-12-17(30)28-22(23)29-19(12)34)3-39-46(37,38)44-15-10(4-40-45(35,36)43-14)42-21(13(15)32)31-6-25-11-16(31)26-8(2)27-18(11)33/h5-7,9-17,20-21,32,37-38H,3-4H2,1-2H3,(H4-,23,26,27,28,29,33,34,35,36)/p+1/t7-,9-,10-,11?,12?,13-,14+,15-,16?,17?,20-,21-/m1/s1. The Kier molecular flexibility index (Phi) is 7.94. The van der Waals surface area contributed by atoms with Gasteiger partial charge in [-0.05, 0) is 6.92 Å². The summed E-state index contributed by atoms with van der Waals surface area (Å²) in [4.78, 5) is 76.8. The van der Waals surface area contributed by atoms with Gasteiger partial charge in [0.25, 0.3) is 11.8 Å². The summed E-state index contributed by atoms with van der Waals surface area (Å²) in [5.74, 6) is -1.43. The number of phosphoric ester groups is 1. The molecular formula is C22H32N9O13P2+. The maximum atomic E-state index is 13.2. The quantitative estimate of drug-likeness (QED) is 0.136. The second kappa shape index (κ2) is 11.5. The highest BCUT2D eigenvalue weighted by atomic mass is 31.2. The summed E-state index contributed by atoms with van der Waals surface area (Å²) in [5, 5.41) is 16.2. The largest absolute Gasteiger partial charge is 0.570 e. The Balaban J connectivity index is 1.10. The molecule has 0 saturated carbocycles. The van der Waals surface area contributed by atoms with Crippen LogP contribution in [-0.4, -0.2) is 146 Å². The number of amidine groups is 1. The third-order valence-corrected chi connectivity index (χ3v) is 10.4. The van der Waals surface area contributed by atoms with E-state index in [0.29, 0.717) is 5.84 Å². The molecule has 24 heteroatoms. The zero-order valence-electron chi connectivity index (χ0n) is 24.1. The topological polar surface area (TPSA) is 294 Å². The number of nitrogens with two attached hydrogens (primary N) is 1. The number of carbonyl (C=O) groups is 2. The Labute approximate surface area is 260 Å². The number of aliphatic hydroxyl groups is 1.